The Labute approximate surface area is 137 Å². The summed E-state index contributed by atoms with van der Waals surface area (Å²) in [6.07, 6.45) is 3.51. The molecule has 1 unspecified atom stereocenters. The van der Waals surface area contributed by atoms with Crippen LogP contribution in [0, 0.1) is 0 Å². The van der Waals surface area contributed by atoms with Crippen LogP contribution in [0.1, 0.15) is 37.3 Å². The van der Waals surface area contributed by atoms with Gasteiger partial charge in [0.1, 0.15) is 6.04 Å². The van der Waals surface area contributed by atoms with Crippen molar-refractivity contribution in [2.24, 2.45) is 0 Å². The molecule has 1 heterocycles. The van der Waals surface area contributed by atoms with Crippen LogP contribution in [0.15, 0.2) is 24.3 Å². The van der Waals surface area contributed by atoms with E-state index in [4.69, 9.17) is 0 Å². The first kappa shape index (κ1) is 17.5. The van der Waals surface area contributed by atoms with Crippen molar-refractivity contribution in [3.63, 3.8) is 0 Å². The monoisotopic (exact) mass is 318 g/mol. The third kappa shape index (κ3) is 4.79. The number of benzene rings is 1. The number of carbonyl (C=O) groups is 2. The van der Waals surface area contributed by atoms with Crippen LogP contribution < -0.4 is 0 Å². The zero-order valence-corrected chi connectivity index (χ0v) is 14.0. The number of amides is 1. The Morgan fingerprint density at radius 1 is 1.22 bits per heavy atom. The van der Waals surface area contributed by atoms with Crippen molar-refractivity contribution < 1.29 is 14.7 Å². The first-order valence-electron chi connectivity index (χ1n) is 8.30. The zero-order chi connectivity index (χ0) is 16.8. The fourth-order valence-corrected chi connectivity index (χ4v) is 3.00. The van der Waals surface area contributed by atoms with Crippen LogP contribution in [0.3, 0.4) is 0 Å². The maximum absolute atomic E-state index is 12.4. The quantitative estimate of drug-likeness (QED) is 0.873. The molecule has 0 spiro atoms. The predicted molar refractivity (Wildman–Crippen MR) is 89.1 cm³/mol. The van der Waals surface area contributed by atoms with Crippen molar-refractivity contribution >= 4 is 11.9 Å². The lowest BCUT2D eigenvalue weighted by Gasteiger charge is -2.33. The summed E-state index contributed by atoms with van der Waals surface area (Å²) in [5.41, 5.74) is 2.37. The minimum Gasteiger partial charge on any atom is -0.480 e. The molecule has 0 aromatic heterocycles. The Morgan fingerprint density at radius 2 is 1.87 bits per heavy atom. The first-order valence-corrected chi connectivity index (χ1v) is 8.30. The Bertz CT molecular complexity index is 542. The van der Waals surface area contributed by atoms with Crippen molar-refractivity contribution in [2.75, 3.05) is 20.1 Å². The molecule has 1 aliphatic heterocycles. The summed E-state index contributed by atoms with van der Waals surface area (Å²) in [4.78, 5) is 27.2. The van der Waals surface area contributed by atoms with E-state index < -0.39 is 12.0 Å². The highest BCUT2D eigenvalue weighted by molar-refractivity contribution is 5.80. The molecule has 1 amide bonds. The van der Waals surface area contributed by atoms with Gasteiger partial charge in [-0.1, -0.05) is 37.6 Å². The Kier molecular flexibility index (Phi) is 6.16. The van der Waals surface area contributed by atoms with Gasteiger partial charge in [-0.15, -0.1) is 0 Å². The van der Waals surface area contributed by atoms with E-state index in [2.05, 4.69) is 19.1 Å². The molecule has 0 radical (unpaired) electrons. The number of hydrogen-bond acceptors (Lipinski definition) is 3. The van der Waals surface area contributed by atoms with Gasteiger partial charge in [0.15, 0.2) is 0 Å². The van der Waals surface area contributed by atoms with E-state index in [-0.39, 0.29) is 12.5 Å². The molecule has 5 heteroatoms. The van der Waals surface area contributed by atoms with Crippen molar-refractivity contribution in [2.45, 2.75) is 45.2 Å². The van der Waals surface area contributed by atoms with Crippen LogP contribution in [0.4, 0.5) is 0 Å². The lowest BCUT2D eigenvalue weighted by molar-refractivity contribution is -0.146. The van der Waals surface area contributed by atoms with Crippen LogP contribution in [-0.4, -0.2) is 53.0 Å². The molecule has 5 nitrogen and oxygen atoms in total. The number of aryl methyl sites for hydroxylation is 1. The van der Waals surface area contributed by atoms with Crippen LogP contribution in [0.25, 0.3) is 0 Å². The number of likely N-dealkylation sites (N-methyl/N-ethyl adjacent to an activating group) is 1. The van der Waals surface area contributed by atoms with E-state index >= 15 is 0 Å². The van der Waals surface area contributed by atoms with Crippen molar-refractivity contribution in [1.29, 1.82) is 0 Å². The molecule has 1 aromatic rings. The van der Waals surface area contributed by atoms with E-state index in [1.165, 1.54) is 5.56 Å². The second-order valence-electron chi connectivity index (χ2n) is 6.24. The average molecular weight is 318 g/mol. The third-order valence-electron chi connectivity index (χ3n) is 4.51. The van der Waals surface area contributed by atoms with Gasteiger partial charge in [-0.05, 0) is 36.9 Å². The van der Waals surface area contributed by atoms with Crippen LogP contribution >= 0.6 is 0 Å². The van der Waals surface area contributed by atoms with E-state index in [9.17, 15) is 14.7 Å². The number of aliphatic carboxylic acids is 1. The predicted octanol–water partition coefficient (Wildman–Crippen LogP) is 2.15. The largest absolute Gasteiger partial charge is 0.480 e. The SMILES string of the molecule is CCc1ccc(CN(C)C(=O)CN2CCCCC2C(=O)O)cc1. The van der Waals surface area contributed by atoms with Gasteiger partial charge in [0, 0.05) is 13.6 Å². The fourth-order valence-electron chi connectivity index (χ4n) is 3.00. The van der Waals surface area contributed by atoms with Gasteiger partial charge in [-0.3, -0.25) is 14.5 Å². The standard InChI is InChI=1S/C18H26N2O3/c1-3-14-7-9-15(10-8-14)12-19(2)17(21)13-20-11-5-4-6-16(20)18(22)23/h7-10,16H,3-6,11-13H2,1-2H3,(H,22,23). The van der Waals surface area contributed by atoms with Gasteiger partial charge in [0.05, 0.1) is 6.54 Å². The Balaban J connectivity index is 1.91. The topological polar surface area (TPSA) is 60.9 Å². The lowest BCUT2D eigenvalue weighted by Crippen LogP contribution is -2.49. The summed E-state index contributed by atoms with van der Waals surface area (Å²) < 4.78 is 0. The Hall–Kier alpha value is -1.88. The molecule has 1 aromatic carbocycles. The first-order chi connectivity index (χ1) is 11.0. The number of carboxylic acid groups (broad SMARTS) is 1. The van der Waals surface area contributed by atoms with Crippen molar-refractivity contribution in [3.05, 3.63) is 35.4 Å². The smallest absolute Gasteiger partial charge is 0.320 e. The highest BCUT2D eigenvalue weighted by Crippen LogP contribution is 2.17. The van der Waals surface area contributed by atoms with Crippen molar-refractivity contribution in [3.8, 4) is 0 Å². The summed E-state index contributed by atoms with van der Waals surface area (Å²) >= 11 is 0. The maximum Gasteiger partial charge on any atom is 0.320 e. The summed E-state index contributed by atoms with van der Waals surface area (Å²) in [5, 5.41) is 9.28. The van der Waals surface area contributed by atoms with Crippen LogP contribution in [-0.2, 0) is 22.6 Å². The molecular formula is C18H26N2O3. The minimum absolute atomic E-state index is 0.0299. The van der Waals surface area contributed by atoms with Crippen LogP contribution in [0.5, 0.6) is 0 Å². The second-order valence-corrected chi connectivity index (χ2v) is 6.24. The molecule has 23 heavy (non-hydrogen) atoms. The molecule has 1 saturated heterocycles. The van der Waals surface area contributed by atoms with Gasteiger partial charge >= 0.3 is 5.97 Å². The highest BCUT2D eigenvalue weighted by Gasteiger charge is 2.30. The molecule has 0 bridgehead atoms. The number of hydrogen-bond donors (Lipinski definition) is 1. The number of likely N-dealkylation sites (tertiary alicyclic amines) is 1. The molecule has 1 fully saturated rings. The molecule has 1 N–H and O–H groups in total. The van der Waals surface area contributed by atoms with Gasteiger partial charge in [-0.2, -0.15) is 0 Å². The van der Waals surface area contributed by atoms with Gasteiger partial charge in [-0.25, -0.2) is 0 Å². The zero-order valence-electron chi connectivity index (χ0n) is 14.0. The Morgan fingerprint density at radius 3 is 2.48 bits per heavy atom. The summed E-state index contributed by atoms with van der Waals surface area (Å²) in [6, 6.07) is 7.73. The van der Waals surface area contributed by atoms with E-state index in [0.29, 0.717) is 19.5 Å². The molecule has 1 aliphatic rings. The maximum atomic E-state index is 12.4. The molecule has 0 aliphatic carbocycles. The van der Waals surface area contributed by atoms with Crippen LogP contribution in [0.2, 0.25) is 0 Å². The van der Waals surface area contributed by atoms with E-state index in [0.717, 1.165) is 24.8 Å². The molecule has 0 saturated carbocycles. The lowest BCUT2D eigenvalue weighted by atomic mass is 10.0. The number of nitrogens with zero attached hydrogens (tertiary/aromatic N) is 2. The normalized spacial score (nSPS) is 18.6. The average Bonchev–Trinajstić information content (AvgIpc) is 2.55. The molecule has 1 atom stereocenters. The summed E-state index contributed by atoms with van der Waals surface area (Å²) in [7, 11) is 1.77. The highest BCUT2D eigenvalue weighted by atomic mass is 16.4. The molecule has 2 rings (SSSR count). The minimum atomic E-state index is -0.824. The number of carbonyl (C=O) groups excluding carboxylic acids is 1. The molecular weight excluding hydrogens is 292 g/mol. The number of rotatable bonds is 6. The number of piperidine rings is 1. The van der Waals surface area contributed by atoms with Gasteiger partial charge in [0.2, 0.25) is 5.91 Å². The summed E-state index contributed by atoms with van der Waals surface area (Å²) in [6.45, 7) is 3.53. The van der Waals surface area contributed by atoms with E-state index in [1.54, 1.807) is 16.8 Å². The van der Waals surface area contributed by atoms with Gasteiger partial charge in [0.25, 0.3) is 0 Å². The molecule has 126 valence electrons. The second kappa shape index (κ2) is 8.11. The van der Waals surface area contributed by atoms with Crippen molar-refractivity contribution in [1.82, 2.24) is 9.80 Å². The third-order valence-corrected chi connectivity index (χ3v) is 4.51. The van der Waals surface area contributed by atoms with E-state index in [1.807, 2.05) is 12.1 Å². The fraction of sp³-hybridized carbons (Fsp3) is 0.556. The van der Waals surface area contributed by atoms with Gasteiger partial charge < -0.3 is 10.0 Å². The number of carboxylic acids is 1. The summed E-state index contributed by atoms with van der Waals surface area (Å²) in [5.74, 6) is -0.854.